The first-order chi connectivity index (χ1) is 20.3. The summed E-state index contributed by atoms with van der Waals surface area (Å²) in [5.41, 5.74) is 5.64. The van der Waals surface area contributed by atoms with Gasteiger partial charge in [0, 0.05) is 0 Å². The highest BCUT2D eigenvalue weighted by Gasteiger charge is 2.33. The van der Waals surface area contributed by atoms with Crippen molar-refractivity contribution in [2.24, 2.45) is 4.99 Å². The van der Waals surface area contributed by atoms with Gasteiger partial charge in [-0.15, -0.1) is 0 Å². The van der Waals surface area contributed by atoms with E-state index in [9.17, 15) is 9.59 Å². The molecule has 3 aromatic carbocycles. The van der Waals surface area contributed by atoms with Crippen molar-refractivity contribution in [3.63, 3.8) is 0 Å². The first-order valence-corrected chi connectivity index (χ1v) is 14.8. The number of hydrogen-bond donors (Lipinski definition) is 0. The monoisotopic (exact) mass is 582 g/mol. The van der Waals surface area contributed by atoms with Gasteiger partial charge in [0.25, 0.3) is 5.56 Å². The van der Waals surface area contributed by atoms with Gasteiger partial charge in [-0.25, -0.2) is 9.79 Å². The SMILES string of the molecule is CCOC(=O)C1=C(C)N=c2s/c(=C/c3ccc(OCc4ccc(C)cc4)c(OCC)c3)c(=O)n2[C@H]1c1ccc(C)cc1. The van der Waals surface area contributed by atoms with Crippen molar-refractivity contribution in [1.29, 1.82) is 0 Å². The second-order valence-corrected chi connectivity index (χ2v) is 11.1. The third kappa shape index (κ3) is 6.09. The van der Waals surface area contributed by atoms with Gasteiger partial charge in [-0.2, -0.15) is 0 Å². The van der Waals surface area contributed by atoms with E-state index in [1.807, 2.05) is 74.5 Å². The number of thiazole rings is 1. The Hall–Kier alpha value is -4.43. The zero-order valence-corrected chi connectivity index (χ0v) is 25.3. The molecule has 0 aliphatic carbocycles. The third-order valence-electron chi connectivity index (χ3n) is 6.99. The van der Waals surface area contributed by atoms with Crippen LogP contribution in [0.3, 0.4) is 0 Å². The minimum Gasteiger partial charge on any atom is -0.490 e. The Labute approximate surface area is 249 Å². The lowest BCUT2D eigenvalue weighted by Crippen LogP contribution is -2.39. The number of allylic oxidation sites excluding steroid dienone is 1. The van der Waals surface area contributed by atoms with Gasteiger partial charge >= 0.3 is 5.97 Å². The number of ether oxygens (including phenoxy) is 3. The Morgan fingerprint density at radius 1 is 0.905 bits per heavy atom. The van der Waals surface area contributed by atoms with E-state index in [-0.39, 0.29) is 12.2 Å². The molecule has 0 saturated heterocycles. The van der Waals surface area contributed by atoms with Crippen LogP contribution in [-0.2, 0) is 16.1 Å². The van der Waals surface area contributed by atoms with Gasteiger partial charge in [-0.1, -0.05) is 77.1 Å². The molecular weight excluding hydrogens is 548 g/mol. The Morgan fingerprint density at radius 3 is 2.26 bits per heavy atom. The number of carbonyl (C=O) groups excluding carboxylic acids is 1. The highest BCUT2D eigenvalue weighted by atomic mass is 32.1. The summed E-state index contributed by atoms with van der Waals surface area (Å²) < 4.78 is 19.5. The van der Waals surface area contributed by atoms with E-state index < -0.39 is 12.0 Å². The van der Waals surface area contributed by atoms with Crippen molar-refractivity contribution in [2.75, 3.05) is 13.2 Å². The molecule has 8 heteroatoms. The Kier molecular flexibility index (Phi) is 8.73. The summed E-state index contributed by atoms with van der Waals surface area (Å²) in [6.45, 7) is 10.6. The van der Waals surface area contributed by atoms with Crippen LogP contribution < -0.4 is 24.4 Å². The molecular formula is C34H34N2O5S. The summed E-state index contributed by atoms with van der Waals surface area (Å²) >= 11 is 1.29. The standard InChI is InChI=1S/C34H34N2O5S/c1-6-39-28-18-25(14-17-27(28)41-20-24-12-8-21(3)9-13-24)19-29-32(37)36-31(26-15-10-22(4)11-16-26)30(33(38)40-7-2)23(5)35-34(36)42-29/h8-19,31H,6-7,20H2,1-5H3/b29-19+/t31-/m0/s1. The number of carbonyl (C=O) groups is 1. The summed E-state index contributed by atoms with van der Waals surface area (Å²) in [5.74, 6) is 0.760. The van der Waals surface area contributed by atoms with Crippen molar-refractivity contribution in [2.45, 2.75) is 47.3 Å². The van der Waals surface area contributed by atoms with Crippen LogP contribution in [-0.4, -0.2) is 23.8 Å². The van der Waals surface area contributed by atoms with Crippen LogP contribution in [0.2, 0.25) is 0 Å². The first-order valence-electron chi connectivity index (χ1n) is 14.0. The lowest BCUT2D eigenvalue weighted by molar-refractivity contribution is -0.139. The molecule has 1 aliphatic rings. The molecule has 42 heavy (non-hydrogen) atoms. The molecule has 2 heterocycles. The first kappa shape index (κ1) is 29.1. The smallest absolute Gasteiger partial charge is 0.338 e. The maximum absolute atomic E-state index is 13.9. The van der Waals surface area contributed by atoms with Crippen molar-refractivity contribution in [3.8, 4) is 11.5 Å². The molecule has 216 valence electrons. The van der Waals surface area contributed by atoms with E-state index in [2.05, 4.69) is 24.0 Å². The zero-order valence-electron chi connectivity index (χ0n) is 24.5. The topological polar surface area (TPSA) is 79.1 Å². The lowest BCUT2D eigenvalue weighted by Gasteiger charge is -2.24. The molecule has 0 radical (unpaired) electrons. The summed E-state index contributed by atoms with van der Waals surface area (Å²) in [6, 6.07) is 21.0. The largest absolute Gasteiger partial charge is 0.490 e. The van der Waals surface area contributed by atoms with E-state index in [1.54, 1.807) is 18.4 Å². The second kappa shape index (κ2) is 12.6. The van der Waals surface area contributed by atoms with E-state index in [4.69, 9.17) is 14.2 Å². The van der Waals surface area contributed by atoms with Crippen molar-refractivity contribution in [3.05, 3.63) is 126 Å². The molecule has 5 rings (SSSR count). The predicted molar refractivity (Wildman–Crippen MR) is 165 cm³/mol. The summed E-state index contributed by atoms with van der Waals surface area (Å²) in [5, 5.41) is 0. The van der Waals surface area contributed by atoms with E-state index in [1.165, 1.54) is 16.9 Å². The van der Waals surface area contributed by atoms with Crippen molar-refractivity contribution >= 4 is 23.4 Å². The molecule has 0 N–H and O–H groups in total. The van der Waals surface area contributed by atoms with Crippen LogP contribution in [0.1, 0.15) is 54.6 Å². The van der Waals surface area contributed by atoms with Crippen LogP contribution in [0.25, 0.3) is 6.08 Å². The van der Waals surface area contributed by atoms with Crippen LogP contribution in [0.5, 0.6) is 11.5 Å². The van der Waals surface area contributed by atoms with Crippen molar-refractivity contribution in [1.82, 2.24) is 4.57 Å². The maximum atomic E-state index is 13.9. The molecule has 1 aromatic heterocycles. The Morgan fingerprint density at radius 2 is 1.60 bits per heavy atom. The van der Waals surface area contributed by atoms with Gasteiger partial charge in [-0.3, -0.25) is 9.36 Å². The van der Waals surface area contributed by atoms with Gasteiger partial charge in [0.15, 0.2) is 16.3 Å². The van der Waals surface area contributed by atoms with E-state index >= 15 is 0 Å². The average molecular weight is 583 g/mol. The van der Waals surface area contributed by atoms with Crippen LogP contribution in [0, 0.1) is 13.8 Å². The molecule has 0 amide bonds. The molecule has 1 atom stereocenters. The van der Waals surface area contributed by atoms with E-state index in [0.717, 1.165) is 22.3 Å². The minimum atomic E-state index is -0.639. The normalized spacial score (nSPS) is 14.8. The molecule has 4 aromatic rings. The number of fused-ring (bicyclic) bond motifs is 1. The molecule has 7 nitrogen and oxygen atoms in total. The van der Waals surface area contributed by atoms with Crippen LogP contribution >= 0.6 is 11.3 Å². The number of aromatic nitrogens is 1. The molecule has 0 spiro atoms. The molecule has 0 saturated carbocycles. The van der Waals surface area contributed by atoms with Gasteiger partial charge in [0.1, 0.15) is 6.61 Å². The van der Waals surface area contributed by atoms with Gasteiger partial charge < -0.3 is 14.2 Å². The number of aryl methyl sites for hydroxylation is 2. The maximum Gasteiger partial charge on any atom is 0.338 e. The summed E-state index contributed by atoms with van der Waals surface area (Å²) in [6.07, 6.45) is 1.83. The number of benzene rings is 3. The van der Waals surface area contributed by atoms with Gasteiger partial charge in [0.05, 0.1) is 35.1 Å². The quantitative estimate of drug-likeness (QED) is 0.247. The van der Waals surface area contributed by atoms with E-state index in [0.29, 0.717) is 45.3 Å². The van der Waals surface area contributed by atoms with Gasteiger partial charge in [-0.05, 0) is 69.5 Å². The summed E-state index contributed by atoms with van der Waals surface area (Å²) in [4.78, 5) is 32.2. The van der Waals surface area contributed by atoms with Crippen LogP contribution in [0.15, 0.2) is 87.8 Å². The van der Waals surface area contributed by atoms with Crippen molar-refractivity contribution < 1.29 is 19.0 Å². The number of esters is 1. The highest BCUT2D eigenvalue weighted by Crippen LogP contribution is 2.32. The summed E-state index contributed by atoms with van der Waals surface area (Å²) in [7, 11) is 0. The number of nitrogens with zero attached hydrogens (tertiary/aromatic N) is 2. The fourth-order valence-corrected chi connectivity index (χ4v) is 5.90. The highest BCUT2D eigenvalue weighted by molar-refractivity contribution is 7.07. The fourth-order valence-electron chi connectivity index (χ4n) is 4.85. The number of hydrogen-bond acceptors (Lipinski definition) is 7. The molecule has 1 aliphatic heterocycles. The Bertz CT molecular complexity index is 1820. The zero-order chi connectivity index (χ0) is 29.8. The van der Waals surface area contributed by atoms with Gasteiger partial charge in [0.2, 0.25) is 0 Å². The second-order valence-electron chi connectivity index (χ2n) is 10.1. The molecule has 0 bridgehead atoms. The molecule has 0 unspecified atom stereocenters. The van der Waals surface area contributed by atoms with Crippen LogP contribution in [0.4, 0.5) is 0 Å². The third-order valence-corrected chi connectivity index (χ3v) is 7.97. The minimum absolute atomic E-state index is 0.226. The number of rotatable bonds is 9. The Balaban J connectivity index is 1.54. The molecule has 0 fully saturated rings. The lowest BCUT2D eigenvalue weighted by atomic mass is 9.95. The average Bonchev–Trinajstić information content (AvgIpc) is 3.27. The fraction of sp³-hybridized carbons (Fsp3) is 0.265. The predicted octanol–water partition coefficient (Wildman–Crippen LogP) is 5.39.